The van der Waals surface area contributed by atoms with Crippen molar-refractivity contribution in [3.05, 3.63) is 28.2 Å². The van der Waals surface area contributed by atoms with E-state index in [-0.39, 0.29) is 11.8 Å². The van der Waals surface area contributed by atoms with Gasteiger partial charge in [0.1, 0.15) is 0 Å². The van der Waals surface area contributed by atoms with Gasteiger partial charge in [0.05, 0.1) is 0 Å². The quantitative estimate of drug-likeness (QED) is 0.887. The minimum atomic E-state index is 0.0828. The average molecular weight is 368 g/mol. The van der Waals surface area contributed by atoms with E-state index in [2.05, 4.69) is 27.3 Å². The number of benzene rings is 1. The van der Waals surface area contributed by atoms with Crippen molar-refractivity contribution in [1.82, 2.24) is 9.80 Å². The number of nitrogens with one attached hydrogen (secondary N) is 1. The molecule has 2 rings (SSSR count). The summed E-state index contributed by atoms with van der Waals surface area (Å²) >= 11 is 3.47. The number of rotatable bonds is 4. The molecule has 1 fully saturated rings. The van der Waals surface area contributed by atoms with Gasteiger partial charge in [0.25, 0.3) is 0 Å². The summed E-state index contributed by atoms with van der Waals surface area (Å²) in [6, 6.07) is 6.05. The summed E-state index contributed by atoms with van der Waals surface area (Å²) in [6.45, 7) is 6.77. The van der Waals surface area contributed by atoms with Gasteiger partial charge in [-0.05, 0) is 30.7 Å². The van der Waals surface area contributed by atoms with E-state index >= 15 is 0 Å². The lowest BCUT2D eigenvalue weighted by atomic mass is 10.2. The summed E-state index contributed by atoms with van der Waals surface area (Å²) in [5.41, 5.74) is 2.19. The Labute approximate surface area is 139 Å². The summed E-state index contributed by atoms with van der Waals surface area (Å²) in [5, 5.41) is 3.28. The molecule has 2 amide bonds. The van der Waals surface area contributed by atoms with Gasteiger partial charge in [-0.15, -0.1) is 0 Å². The Kier molecular flexibility index (Phi) is 5.83. The lowest BCUT2D eigenvalue weighted by Crippen LogP contribution is -2.50. The normalized spacial score (nSPS) is 14.9. The molecule has 0 spiro atoms. The van der Waals surface area contributed by atoms with E-state index in [9.17, 15) is 9.59 Å². The number of hydrogen-bond donors (Lipinski definition) is 1. The van der Waals surface area contributed by atoms with Crippen LogP contribution in [-0.2, 0) is 9.59 Å². The zero-order valence-electron chi connectivity index (χ0n) is 13.1. The molecule has 1 N–H and O–H groups in total. The van der Waals surface area contributed by atoms with E-state index in [1.165, 1.54) is 0 Å². The molecule has 5 nitrogen and oxygen atoms in total. The van der Waals surface area contributed by atoms with E-state index in [0.717, 1.165) is 15.7 Å². The molecule has 0 atom stereocenters. The van der Waals surface area contributed by atoms with Gasteiger partial charge in [-0.3, -0.25) is 9.59 Å². The smallest absolute Gasteiger partial charge is 0.224 e. The third kappa shape index (κ3) is 4.47. The Bertz CT molecular complexity index is 554. The second kappa shape index (κ2) is 7.63. The number of piperazine rings is 1. The summed E-state index contributed by atoms with van der Waals surface area (Å²) in [4.78, 5) is 27.1. The van der Waals surface area contributed by atoms with E-state index in [1.807, 2.05) is 24.0 Å². The molecular formula is C16H22BrN3O2. The Morgan fingerprint density at radius 3 is 2.41 bits per heavy atom. The van der Waals surface area contributed by atoms with Crippen LogP contribution in [0.5, 0.6) is 0 Å². The van der Waals surface area contributed by atoms with E-state index in [4.69, 9.17) is 0 Å². The number of halogens is 1. The molecule has 120 valence electrons. The largest absolute Gasteiger partial charge is 0.385 e. The highest BCUT2D eigenvalue weighted by molar-refractivity contribution is 9.10. The number of aryl methyl sites for hydroxylation is 1. The van der Waals surface area contributed by atoms with Crippen molar-refractivity contribution in [1.29, 1.82) is 0 Å². The third-order valence-electron chi connectivity index (χ3n) is 3.90. The van der Waals surface area contributed by atoms with Crippen molar-refractivity contribution in [3.63, 3.8) is 0 Å². The summed E-state index contributed by atoms with van der Waals surface area (Å²) in [6.07, 6.45) is 0.467. The molecule has 0 radical (unpaired) electrons. The van der Waals surface area contributed by atoms with Crippen LogP contribution in [-0.4, -0.2) is 54.3 Å². The van der Waals surface area contributed by atoms with Gasteiger partial charge in [0, 0.05) is 56.2 Å². The van der Waals surface area contributed by atoms with Crippen molar-refractivity contribution in [3.8, 4) is 0 Å². The van der Waals surface area contributed by atoms with E-state index in [0.29, 0.717) is 39.1 Å². The van der Waals surface area contributed by atoms with Crippen LogP contribution in [0, 0.1) is 6.92 Å². The lowest BCUT2D eigenvalue weighted by Gasteiger charge is -2.34. The van der Waals surface area contributed by atoms with E-state index < -0.39 is 0 Å². The van der Waals surface area contributed by atoms with Crippen molar-refractivity contribution < 1.29 is 9.59 Å². The number of carbonyl (C=O) groups is 2. The maximum absolute atomic E-state index is 12.2. The van der Waals surface area contributed by atoms with Crippen LogP contribution in [0.4, 0.5) is 5.69 Å². The van der Waals surface area contributed by atoms with Crippen molar-refractivity contribution in [2.24, 2.45) is 0 Å². The van der Waals surface area contributed by atoms with Crippen LogP contribution < -0.4 is 5.32 Å². The molecule has 0 unspecified atom stereocenters. The predicted octanol–water partition coefficient (Wildman–Crippen LogP) is 2.25. The Hall–Kier alpha value is -1.56. The molecule has 1 heterocycles. The number of nitrogens with zero attached hydrogens (tertiary/aromatic N) is 2. The molecule has 0 bridgehead atoms. The Balaban J connectivity index is 1.74. The summed E-state index contributed by atoms with van der Waals surface area (Å²) in [5.74, 6) is 0.226. The van der Waals surface area contributed by atoms with Gasteiger partial charge in [0.15, 0.2) is 0 Å². The first-order valence-electron chi connectivity index (χ1n) is 7.50. The third-order valence-corrected chi connectivity index (χ3v) is 4.79. The second-order valence-electron chi connectivity index (χ2n) is 5.53. The molecule has 1 aliphatic heterocycles. The number of hydrogen-bond acceptors (Lipinski definition) is 3. The topological polar surface area (TPSA) is 52.7 Å². The first-order chi connectivity index (χ1) is 10.5. The maximum atomic E-state index is 12.2. The number of anilines is 1. The minimum Gasteiger partial charge on any atom is -0.385 e. The van der Waals surface area contributed by atoms with Crippen LogP contribution in [0.2, 0.25) is 0 Å². The summed E-state index contributed by atoms with van der Waals surface area (Å²) in [7, 11) is 0. The Morgan fingerprint density at radius 1 is 1.18 bits per heavy atom. The molecule has 1 aliphatic rings. The fourth-order valence-corrected chi connectivity index (χ4v) is 2.74. The van der Waals surface area contributed by atoms with E-state index in [1.54, 1.807) is 11.8 Å². The Morgan fingerprint density at radius 2 is 1.82 bits per heavy atom. The number of amides is 2. The van der Waals surface area contributed by atoms with Gasteiger partial charge in [0.2, 0.25) is 11.8 Å². The zero-order chi connectivity index (χ0) is 16.1. The summed E-state index contributed by atoms with van der Waals surface area (Å²) < 4.78 is 1.08. The van der Waals surface area contributed by atoms with Gasteiger partial charge >= 0.3 is 0 Å². The fourth-order valence-electron chi connectivity index (χ4n) is 2.50. The van der Waals surface area contributed by atoms with Crippen molar-refractivity contribution >= 4 is 33.4 Å². The molecule has 6 heteroatoms. The highest BCUT2D eigenvalue weighted by atomic mass is 79.9. The van der Waals surface area contributed by atoms with Gasteiger partial charge in [-0.1, -0.05) is 15.9 Å². The lowest BCUT2D eigenvalue weighted by molar-refractivity contribution is -0.138. The standard InChI is InChI=1S/C16H22BrN3O2/c1-12-11-14(3-4-15(12)17)18-6-5-16(22)20-9-7-19(8-10-20)13(2)21/h3-4,11,18H,5-10H2,1-2H3. The maximum Gasteiger partial charge on any atom is 0.224 e. The monoisotopic (exact) mass is 367 g/mol. The van der Waals surface area contributed by atoms with Crippen LogP contribution in [0.1, 0.15) is 18.9 Å². The molecular weight excluding hydrogens is 346 g/mol. The fraction of sp³-hybridized carbons (Fsp3) is 0.500. The van der Waals surface area contributed by atoms with Gasteiger partial charge < -0.3 is 15.1 Å². The van der Waals surface area contributed by atoms with Crippen molar-refractivity contribution in [2.75, 3.05) is 38.0 Å². The van der Waals surface area contributed by atoms with Crippen LogP contribution in [0.25, 0.3) is 0 Å². The molecule has 22 heavy (non-hydrogen) atoms. The SMILES string of the molecule is CC(=O)N1CCN(C(=O)CCNc2ccc(Br)c(C)c2)CC1. The van der Waals surface area contributed by atoms with Crippen molar-refractivity contribution in [2.45, 2.75) is 20.3 Å². The minimum absolute atomic E-state index is 0.0828. The molecule has 1 aromatic rings. The van der Waals surface area contributed by atoms with Crippen LogP contribution >= 0.6 is 15.9 Å². The molecule has 1 saturated heterocycles. The van der Waals surface area contributed by atoms with Crippen LogP contribution in [0.15, 0.2) is 22.7 Å². The molecule has 0 aromatic heterocycles. The highest BCUT2D eigenvalue weighted by Gasteiger charge is 2.21. The predicted molar refractivity (Wildman–Crippen MR) is 90.8 cm³/mol. The van der Waals surface area contributed by atoms with Gasteiger partial charge in [-0.25, -0.2) is 0 Å². The zero-order valence-corrected chi connectivity index (χ0v) is 14.6. The first kappa shape index (κ1) is 16.8. The van der Waals surface area contributed by atoms with Crippen LogP contribution in [0.3, 0.4) is 0 Å². The highest BCUT2D eigenvalue weighted by Crippen LogP contribution is 2.19. The molecule has 0 saturated carbocycles. The second-order valence-corrected chi connectivity index (χ2v) is 6.38. The number of carbonyl (C=O) groups excluding carboxylic acids is 2. The average Bonchev–Trinajstić information content (AvgIpc) is 2.51. The molecule has 0 aliphatic carbocycles. The van der Waals surface area contributed by atoms with Gasteiger partial charge in [-0.2, -0.15) is 0 Å². The molecule has 1 aromatic carbocycles. The first-order valence-corrected chi connectivity index (χ1v) is 8.30.